The molecule has 2 aromatic heterocycles. The molecule has 0 radical (unpaired) electrons. The number of thioether (sulfide) groups is 1. The minimum Gasteiger partial charge on any atom is -0.493 e. The molecule has 128 valence electrons. The number of aryl methyl sites for hydroxylation is 1. The zero-order chi connectivity index (χ0) is 17.6. The van der Waals surface area contributed by atoms with Gasteiger partial charge in [0.1, 0.15) is 4.34 Å². The average Bonchev–Trinajstić information content (AvgIpc) is 3.06. The molecule has 2 heterocycles. The van der Waals surface area contributed by atoms with E-state index in [4.69, 9.17) is 4.74 Å². The Morgan fingerprint density at radius 2 is 2.08 bits per heavy atom. The maximum Gasteiger partial charge on any atom is 0.256 e. The van der Waals surface area contributed by atoms with E-state index in [1.807, 2.05) is 36.6 Å². The fraction of sp³-hybridized carbons (Fsp3) is 0.167. The van der Waals surface area contributed by atoms with Crippen LogP contribution >= 0.6 is 23.1 Å². The summed E-state index contributed by atoms with van der Waals surface area (Å²) in [4.78, 5) is 20.9. The first-order valence-electron chi connectivity index (χ1n) is 7.60. The topological polar surface area (TPSA) is 64.1 Å². The van der Waals surface area contributed by atoms with Crippen molar-refractivity contribution in [2.75, 3.05) is 12.4 Å². The second-order valence-electron chi connectivity index (χ2n) is 5.25. The molecular weight excluding hydrogens is 354 g/mol. The lowest BCUT2D eigenvalue weighted by atomic mass is 10.1. The number of aromatic nitrogens is 2. The number of nitrogens with one attached hydrogen (secondary N) is 1. The van der Waals surface area contributed by atoms with E-state index in [1.54, 1.807) is 48.5 Å². The molecule has 0 aliphatic heterocycles. The molecule has 0 spiro atoms. The number of nitrogens with zero attached hydrogens (tertiary/aromatic N) is 2. The predicted octanol–water partition coefficient (Wildman–Crippen LogP) is 4.40. The predicted molar refractivity (Wildman–Crippen MR) is 102 cm³/mol. The Bertz CT molecular complexity index is 863. The summed E-state index contributed by atoms with van der Waals surface area (Å²) in [5.41, 5.74) is 2.76. The van der Waals surface area contributed by atoms with Gasteiger partial charge in [-0.25, -0.2) is 9.97 Å². The van der Waals surface area contributed by atoms with Crippen LogP contribution in [0.25, 0.3) is 0 Å². The van der Waals surface area contributed by atoms with Crippen LogP contribution in [0, 0.1) is 6.92 Å². The Morgan fingerprint density at radius 1 is 1.28 bits per heavy atom. The molecule has 1 N–H and O–H groups in total. The number of carbonyl (C=O) groups excluding carboxylic acids is 1. The van der Waals surface area contributed by atoms with E-state index in [2.05, 4.69) is 15.3 Å². The van der Waals surface area contributed by atoms with Crippen LogP contribution in [0.2, 0.25) is 0 Å². The van der Waals surface area contributed by atoms with Crippen LogP contribution in [0.5, 0.6) is 5.75 Å². The van der Waals surface area contributed by atoms with Gasteiger partial charge in [0.25, 0.3) is 5.91 Å². The molecule has 0 bridgehead atoms. The van der Waals surface area contributed by atoms with Crippen LogP contribution in [0.4, 0.5) is 5.82 Å². The largest absolute Gasteiger partial charge is 0.493 e. The van der Waals surface area contributed by atoms with Crippen molar-refractivity contribution in [1.82, 2.24) is 9.97 Å². The van der Waals surface area contributed by atoms with Crippen molar-refractivity contribution in [1.29, 1.82) is 0 Å². The summed E-state index contributed by atoms with van der Waals surface area (Å²) in [7, 11) is 1.54. The number of amides is 1. The summed E-state index contributed by atoms with van der Waals surface area (Å²) in [6.45, 7) is 1.99. The highest BCUT2D eigenvalue weighted by molar-refractivity contribution is 8.00. The van der Waals surface area contributed by atoms with Crippen molar-refractivity contribution < 1.29 is 9.53 Å². The van der Waals surface area contributed by atoms with Gasteiger partial charge in [-0.3, -0.25) is 4.79 Å². The zero-order valence-corrected chi connectivity index (χ0v) is 15.5. The summed E-state index contributed by atoms with van der Waals surface area (Å²) in [5.74, 6) is 1.55. The van der Waals surface area contributed by atoms with Crippen molar-refractivity contribution in [3.8, 4) is 5.75 Å². The number of anilines is 1. The van der Waals surface area contributed by atoms with E-state index >= 15 is 0 Å². The van der Waals surface area contributed by atoms with Gasteiger partial charge in [0.2, 0.25) is 0 Å². The molecule has 7 heteroatoms. The second kappa shape index (κ2) is 8.13. The van der Waals surface area contributed by atoms with Crippen LogP contribution in [0.1, 0.15) is 21.6 Å². The van der Waals surface area contributed by atoms with E-state index in [1.165, 1.54) is 0 Å². The van der Waals surface area contributed by atoms with Crippen molar-refractivity contribution in [3.05, 3.63) is 64.8 Å². The molecule has 0 atom stereocenters. The molecule has 0 aliphatic carbocycles. The van der Waals surface area contributed by atoms with Crippen LogP contribution in [0.3, 0.4) is 0 Å². The van der Waals surface area contributed by atoms with E-state index in [0.29, 0.717) is 17.1 Å². The van der Waals surface area contributed by atoms with Gasteiger partial charge < -0.3 is 10.1 Å². The van der Waals surface area contributed by atoms with Gasteiger partial charge in [-0.2, -0.15) is 0 Å². The third-order valence-corrected chi connectivity index (χ3v) is 5.61. The Balaban J connectivity index is 1.62. The van der Waals surface area contributed by atoms with Crippen molar-refractivity contribution in [3.63, 3.8) is 0 Å². The number of methoxy groups -OCH3 is 1. The average molecular weight is 371 g/mol. The SMILES string of the molecule is COc1cccnc1NC(=O)c1ccc(CSc2nc(C)cs2)cc1. The van der Waals surface area contributed by atoms with Crippen LogP contribution < -0.4 is 10.1 Å². The Morgan fingerprint density at radius 3 is 2.76 bits per heavy atom. The monoisotopic (exact) mass is 371 g/mol. The Hall–Kier alpha value is -2.38. The summed E-state index contributed by atoms with van der Waals surface area (Å²) in [6.07, 6.45) is 1.61. The van der Waals surface area contributed by atoms with E-state index in [9.17, 15) is 4.79 Å². The lowest BCUT2D eigenvalue weighted by Gasteiger charge is -2.09. The maximum atomic E-state index is 12.4. The van der Waals surface area contributed by atoms with Crippen molar-refractivity contribution in [2.24, 2.45) is 0 Å². The number of thiazole rings is 1. The van der Waals surface area contributed by atoms with E-state index < -0.39 is 0 Å². The molecule has 0 unspecified atom stereocenters. The number of ether oxygens (including phenoxy) is 1. The molecule has 1 amide bonds. The van der Waals surface area contributed by atoms with Crippen molar-refractivity contribution in [2.45, 2.75) is 17.0 Å². The quantitative estimate of drug-likeness (QED) is 0.651. The molecule has 3 rings (SSSR count). The number of pyridine rings is 1. The number of carbonyl (C=O) groups is 1. The third-order valence-electron chi connectivity index (χ3n) is 3.40. The van der Waals surface area contributed by atoms with E-state index in [-0.39, 0.29) is 5.91 Å². The third kappa shape index (κ3) is 4.58. The summed E-state index contributed by atoms with van der Waals surface area (Å²) in [5, 5.41) is 4.81. The van der Waals surface area contributed by atoms with Gasteiger partial charge in [-0.05, 0) is 36.8 Å². The van der Waals surface area contributed by atoms with Gasteiger partial charge in [0.05, 0.1) is 7.11 Å². The minimum atomic E-state index is -0.216. The van der Waals surface area contributed by atoms with Crippen molar-refractivity contribution >= 4 is 34.8 Å². The smallest absolute Gasteiger partial charge is 0.256 e. The lowest BCUT2D eigenvalue weighted by molar-refractivity contribution is 0.102. The van der Waals surface area contributed by atoms with Gasteiger partial charge in [-0.1, -0.05) is 23.9 Å². The number of rotatable bonds is 6. The molecule has 1 aromatic carbocycles. The standard InChI is InChI=1S/C18H17N3O2S2/c1-12-10-24-18(20-12)25-11-13-5-7-14(8-6-13)17(22)21-16-15(23-2)4-3-9-19-16/h3-10H,11H2,1-2H3,(H,19,21,22). The van der Waals surface area contributed by atoms with Gasteiger partial charge in [0, 0.05) is 28.6 Å². The molecule has 0 saturated carbocycles. The van der Waals surface area contributed by atoms with Gasteiger partial charge in [0.15, 0.2) is 11.6 Å². The molecule has 25 heavy (non-hydrogen) atoms. The van der Waals surface area contributed by atoms with Crippen LogP contribution in [0.15, 0.2) is 52.3 Å². The van der Waals surface area contributed by atoms with Crippen LogP contribution in [-0.2, 0) is 5.75 Å². The van der Waals surface area contributed by atoms with Crippen LogP contribution in [-0.4, -0.2) is 23.0 Å². The first-order valence-corrected chi connectivity index (χ1v) is 9.46. The molecule has 0 aliphatic rings. The number of hydrogen-bond donors (Lipinski definition) is 1. The minimum absolute atomic E-state index is 0.216. The summed E-state index contributed by atoms with van der Waals surface area (Å²) < 4.78 is 6.25. The van der Waals surface area contributed by atoms with Gasteiger partial charge in [-0.15, -0.1) is 11.3 Å². The fourth-order valence-corrected chi connectivity index (χ4v) is 3.93. The molecular formula is C18H17N3O2S2. The Labute approximate surface area is 154 Å². The normalized spacial score (nSPS) is 10.5. The highest BCUT2D eigenvalue weighted by atomic mass is 32.2. The number of benzene rings is 1. The summed E-state index contributed by atoms with van der Waals surface area (Å²) >= 11 is 3.35. The second-order valence-corrected chi connectivity index (χ2v) is 7.33. The fourth-order valence-electron chi connectivity index (χ4n) is 2.12. The zero-order valence-electron chi connectivity index (χ0n) is 13.9. The highest BCUT2D eigenvalue weighted by Crippen LogP contribution is 2.26. The molecule has 5 nitrogen and oxygen atoms in total. The molecule has 0 saturated heterocycles. The Kier molecular flexibility index (Phi) is 5.67. The first kappa shape index (κ1) is 17.4. The summed E-state index contributed by atoms with van der Waals surface area (Å²) in [6, 6.07) is 11.0. The maximum absolute atomic E-state index is 12.4. The lowest BCUT2D eigenvalue weighted by Crippen LogP contribution is -2.13. The van der Waals surface area contributed by atoms with E-state index in [0.717, 1.165) is 21.3 Å². The highest BCUT2D eigenvalue weighted by Gasteiger charge is 2.10. The number of hydrogen-bond acceptors (Lipinski definition) is 6. The van der Waals surface area contributed by atoms with Gasteiger partial charge >= 0.3 is 0 Å². The molecule has 0 fully saturated rings. The molecule has 3 aromatic rings. The first-order chi connectivity index (χ1) is 12.2.